The summed E-state index contributed by atoms with van der Waals surface area (Å²) in [6.45, 7) is 5.87. The number of nitrogens with one attached hydrogen (secondary N) is 1. The Hall–Kier alpha value is -1.75. The highest BCUT2D eigenvalue weighted by molar-refractivity contribution is 5.74. The number of hydrogen-bond donors (Lipinski definition) is 2. The number of carbonyl (C=O) groups is 1. The monoisotopic (exact) mass is 292 g/mol. The zero-order valence-corrected chi connectivity index (χ0v) is 12.7. The van der Waals surface area contributed by atoms with Crippen molar-refractivity contribution in [2.45, 2.75) is 26.3 Å². The molecule has 2 unspecified atom stereocenters. The van der Waals surface area contributed by atoms with Crippen LogP contribution in [-0.4, -0.2) is 48.4 Å². The van der Waals surface area contributed by atoms with Crippen LogP contribution in [0, 0.1) is 12.8 Å². The van der Waals surface area contributed by atoms with Crippen molar-refractivity contribution in [2.24, 2.45) is 5.92 Å². The van der Waals surface area contributed by atoms with Crippen molar-refractivity contribution in [3.05, 3.63) is 29.8 Å². The molecule has 2 rings (SSSR count). The summed E-state index contributed by atoms with van der Waals surface area (Å²) in [4.78, 5) is 13.8. The van der Waals surface area contributed by atoms with Crippen molar-refractivity contribution < 1.29 is 14.6 Å². The van der Waals surface area contributed by atoms with Crippen LogP contribution < -0.4 is 10.1 Å². The summed E-state index contributed by atoms with van der Waals surface area (Å²) in [5, 5.41) is 12.0. The number of urea groups is 1. The summed E-state index contributed by atoms with van der Waals surface area (Å²) in [6, 6.07) is 7.71. The predicted molar refractivity (Wildman–Crippen MR) is 81.4 cm³/mol. The number of likely N-dealkylation sites (tertiary alicyclic amines) is 1. The smallest absolute Gasteiger partial charge is 0.317 e. The molecule has 2 amide bonds. The van der Waals surface area contributed by atoms with Crippen molar-refractivity contribution in [3.63, 3.8) is 0 Å². The van der Waals surface area contributed by atoms with Crippen LogP contribution in [0.15, 0.2) is 24.3 Å². The van der Waals surface area contributed by atoms with E-state index in [0.717, 1.165) is 17.7 Å². The SMILES string of the molecule is Cc1cccc(OCC(C)NC(=O)N2CCC(CO)C2)c1. The van der Waals surface area contributed by atoms with Crippen LogP contribution in [0.2, 0.25) is 0 Å². The summed E-state index contributed by atoms with van der Waals surface area (Å²) in [6.07, 6.45) is 0.873. The second-order valence-corrected chi connectivity index (χ2v) is 5.76. The van der Waals surface area contributed by atoms with E-state index in [1.807, 2.05) is 38.1 Å². The third kappa shape index (κ3) is 4.63. The Kier molecular flexibility index (Phi) is 5.44. The first-order valence-corrected chi connectivity index (χ1v) is 7.44. The van der Waals surface area contributed by atoms with E-state index in [9.17, 15) is 4.79 Å². The Morgan fingerprint density at radius 2 is 2.38 bits per heavy atom. The Morgan fingerprint density at radius 3 is 3.05 bits per heavy atom. The summed E-state index contributed by atoms with van der Waals surface area (Å²) in [5.74, 6) is 1.03. The molecule has 21 heavy (non-hydrogen) atoms. The summed E-state index contributed by atoms with van der Waals surface area (Å²) < 4.78 is 5.68. The van der Waals surface area contributed by atoms with Gasteiger partial charge in [-0.25, -0.2) is 4.79 Å². The van der Waals surface area contributed by atoms with Crippen LogP contribution >= 0.6 is 0 Å². The normalized spacial score (nSPS) is 19.4. The van der Waals surface area contributed by atoms with Gasteiger partial charge in [0, 0.05) is 25.6 Å². The molecule has 0 radical (unpaired) electrons. The Bertz CT molecular complexity index is 478. The highest BCUT2D eigenvalue weighted by atomic mass is 16.5. The van der Waals surface area contributed by atoms with Crippen LogP contribution in [0.25, 0.3) is 0 Å². The first kappa shape index (κ1) is 15.6. The molecule has 1 aromatic carbocycles. The zero-order valence-electron chi connectivity index (χ0n) is 12.7. The molecule has 1 heterocycles. The fourth-order valence-electron chi connectivity index (χ4n) is 2.44. The number of carbonyl (C=O) groups excluding carboxylic acids is 1. The number of aliphatic hydroxyl groups is 1. The number of rotatable bonds is 5. The minimum Gasteiger partial charge on any atom is -0.491 e. The van der Waals surface area contributed by atoms with Gasteiger partial charge in [0.1, 0.15) is 12.4 Å². The summed E-state index contributed by atoms with van der Waals surface area (Å²) in [7, 11) is 0. The fourth-order valence-corrected chi connectivity index (χ4v) is 2.44. The van der Waals surface area contributed by atoms with Gasteiger partial charge in [-0.15, -0.1) is 0 Å². The molecule has 2 N–H and O–H groups in total. The minimum absolute atomic E-state index is 0.0637. The van der Waals surface area contributed by atoms with Gasteiger partial charge in [0.25, 0.3) is 0 Å². The summed E-state index contributed by atoms with van der Waals surface area (Å²) in [5.41, 5.74) is 1.15. The van der Waals surface area contributed by atoms with Crippen molar-refractivity contribution in [1.29, 1.82) is 0 Å². The lowest BCUT2D eigenvalue weighted by atomic mass is 10.1. The number of aryl methyl sites for hydroxylation is 1. The van der Waals surface area contributed by atoms with Gasteiger partial charge in [-0.2, -0.15) is 0 Å². The lowest BCUT2D eigenvalue weighted by Gasteiger charge is -2.21. The molecule has 1 aliphatic heterocycles. The molecule has 0 spiro atoms. The van der Waals surface area contributed by atoms with E-state index >= 15 is 0 Å². The molecule has 0 bridgehead atoms. The highest BCUT2D eigenvalue weighted by Gasteiger charge is 2.26. The topological polar surface area (TPSA) is 61.8 Å². The molecule has 1 aliphatic rings. The van der Waals surface area contributed by atoms with Gasteiger partial charge in [-0.05, 0) is 38.0 Å². The second kappa shape index (κ2) is 7.31. The lowest BCUT2D eigenvalue weighted by Crippen LogP contribution is -2.45. The molecule has 0 saturated carbocycles. The maximum Gasteiger partial charge on any atom is 0.317 e. The highest BCUT2D eigenvalue weighted by Crippen LogP contribution is 2.15. The second-order valence-electron chi connectivity index (χ2n) is 5.76. The molecule has 0 aromatic heterocycles. The maximum atomic E-state index is 12.1. The Morgan fingerprint density at radius 1 is 1.57 bits per heavy atom. The average Bonchev–Trinajstić information content (AvgIpc) is 2.94. The summed E-state index contributed by atoms with van der Waals surface area (Å²) >= 11 is 0. The number of ether oxygens (including phenoxy) is 1. The Balaban J connectivity index is 1.74. The van der Waals surface area contributed by atoms with Crippen molar-refractivity contribution in [2.75, 3.05) is 26.3 Å². The molecule has 5 nitrogen and oxygen atoms in total. The first-order chi connectivity index (χ1) is 10.1. The van der Waals surface area contributed by atoms with E-state index in [1.54, 1.807) is 4.90 Å². The van der Waals surface area contributed by atoms with E-state index in [4.69, 9.17) is 9.84 Å². The average molecular weight is 292 g/mol. The van der Waals surface area contributed by atoms with Crippen molar-refractivity contribution in [3.8, 4) is 5.75 Å². The number of aliphatic hydroxyl groups excluding tert-OH is 1. The molecule has 2 atom stereocenters. The minimum atomic E-state index is -0.0775. The molecular formula is C16H24N2O3. The van der Waals surface area contributed by atoms with E-state index in [-0.39, 0.29) is 24.6 Å². The maximum absolute atomic E-state index is 12.1. The molecule has 1 fully saturated rings. The number of benzene rings is 1. The fraction of sp³-hybridized carbons (Fsp3) is 0.562. The van der Waals surface area contributed by atoms with Gasteiger partial charge in [-0.1, -0.05) is 12.1 Å². The van der Waals surface area contributed by atoms with Gasteiger partial charge in [0.2, 0.25) is 0 Å². The number of amides is 2. The van der Waals surface area contributed by atoms with Crippen LogP contribution in [0.1, 0.15) is 18.9 Å². The van der Waals surface area contributed by atoms with Crippen LogP contribution in [0.5, 0.6) is 5.75 Å². The van der Waals surface area contributed by atoms with Gasteiger partial charge in [-0.3, -0.25) is 0 Å². The molecule has 1 saturated heterocycles. The molecule has 0 aliphatic carbocycles. The van der Waals surface area contributed by atoms with E-state index in [1.165, 1.54) is 0 Å². The van der Waals surface area contributed by atoms with Gasteiger partial charge in [0.05, 0.1) is 6.04 Å². The standard InChI is InChI=1S/C16H24N2O3/c1-12-4-3-5-15(8-12)21-11-13(2)17-16(20)18-7-6-14(9-18)10-19/h3-5,8,13-14,19H,6-7,9-11H2,1-2H3,(H,17,20). The third-order valence-corrected chi connectivity index (χ3v) is 3.69. The lowest BCUT2D eigenvalue weighted by molar-refractivity contribution is 0.189. The van der Waals surface area contributed by atoms with E-state index in [2.05, 4.69) is 5.32 Å². The van der Waals surface area contributed by atoms with E-state index in [0.29, 0.717) is 19.7 Å². The van der Waals surface area contributed by atoms with Crippen LogP contribution in [0.4, 0.5) is 4.79 Å². The number of nitrogens with zero attached hydrogens (tertiary/aromatic N) is 1. The first-order valence-electron chi connectivity index (χ1n) is 7.44. The third-order valence-electron chi connectivity index (χ3n) is 3.69. The molecule has 116 valence electrons. The Labute approximate surface area is 125 Å². The molecule has 5 heteroatoms. The quantitative estimate of drug-likeness (QED) is 0.869. The van der Waals surface area contributed by atoms with Crippen molar-refractivity contribution >= 4 is 6.03 Å². The van der Waals surface area contributed by atoms with Gasteiger partial charge < -0.3 is 20.1 Å². The zero-order chi connectivity index (χ0) is 15.2. The molecular weight excluding hydrogens is 268 g/mol. The predicted octanol–water partition coefficient (Wildman–Crippen LogP) is 1.79. The molecule has 1 aromatic rings. The van der Waals surface area contributed by atoms with E-state index < -0.39 is 0 Å². The van der Waals surface area contributed by atoms with Gasteiger partial charge >= 0.3 is 6.03 Å². The van der Waals surface area contributed by atoms with Crippen LogP contribution in [-0.2, 0) is 0 Å². The van der Waals surface area contributed by atoms with Crippen molar-refractivity contribution in [1.82, 2.24) is 10.2 Å². The van der Waals surface area contributed by atoms with Crippen LogP contribution in [0.3, 0.4) is 0 Å². The number of hydrogen-bond acceptors (Lipinski definition) is 3. The van der Waals surface area contributed by atoms with Gasteiger partial charge in [0.15, 0.2) is 0 Å². The largest absolute Gasteiger partial charge is 0.491 e.